The zero-order valence-corrected chi connectivity index (χ0v) is 20.7. The quantitative estimate of drug-likeness (QED) is 0.423. The van der Waals surface area contributed by atoms with Gasteiger partial charge in [-0.25, -0.2) is 9.18 Å². The van der Waals surface area contributed by atoms with Gasteiger partial charge in [0.1, 0.15) is 11.8 Å². The number of cyclic esters (lactones) is 1. The molecule has 0 fully saturated rings. The lowest BCUT2D eigenvalue weighted by Crippen LogP contribution is -2.41. The third-order valence-corrected chi connectivity index (χ3v) is 5.64. The molecule has 1 aliphatic rings. The Morgan fingerprint density at radius 2 is 1.92 bits per heavy atom. The van der Waals surface area contributed by atoms with E-state index in [1.807, 2.05) is 6.92 Å². The Kier molecular flexibility index (Phi) is 8.14. The first-order valence-electron chi connectivity index (χ1n) is 11.2. The van der Waals surface area contributed by atoms with E-state index in [-0.39, 0.29) is 23.1 Å². The SMILES string of the molecule is CCC1OC(=O)N(Cc2ccc(NC(=O)c3ccc(Cl)nn3)cc2)N=C1c1ccc(OC)c(OCF)c1. The third kappa shape index (κ3) is 6.12. The first-order chi connectivity index (χ1) is 17.9. The Labute approximate surface area is 217 Å². The molecule has 1 aromatic heterocycles. The van der Waals surface area contributed by atoms with E-state index >= 15 is 0 Å². The summed E-state index contributed by atoms with van der Waals surface area (Å²) in [6.07, 6.45) is -0.678. The lowest BCUT2D eigenvalue weighted by molar-refractivity contribution is 0.0712. The predicted molar refractivity (Wildman–Crippen MR) is 134 cm³/mol. The molecule has 37 heavy (non-hydrogen) atoms. The Hall–Kier alpha value is -4.25. The van der Waals surface area contributed by atoms with Gasteiger partial charge in [0.25, 0.3) is 5.91 Å². The Morgan fingerprint density at radius 3 is 2.57 bits per heavy atom. The molecule has 4 rings (SSSR count). The smallest absolute Gasteiger partial charge is 0.431 e. The van der Waals surface area contributed by atoms with Crippen LogP contribution in [0, 0.1) is 0 Å². The summed E-state index contributed by atoms with van der Waals surface area (Å²) < 4.78 is 28.7. The van der Waals surface area contributed by atoms with Crippen LogP contribution in [-0.2, 0) is 11.3 Å². The van der Waals surface area contributed by atoms with Gasteiger partial charge in [-0.2, -0.15) is 10.1 Å². The summed E-state index contributed by atoms with van der Waals surface area (Å²) in [6.45, 7) is 0.974. The summed E-state index contributed by atoms with van der Waals surface area (Å²) >= 11 is 5.70. The fraction of sp³-hybridized carbons (Fsp3) is 0.240. The molecular weight excluding hydrogens is 505 g/mol. The van der Waals surface area contributed by atoms with Crippen LogP contribution < -0.4 is 14.8 Å². The van der Waals surface area contributed by atoms with E-state index in [0.717, 1.165) is 5.56 Å². The van der Waals surface area contributed by atoms with Gasteiger partial charge in [-0.05, 0) is 54.4 Å². The largest absolute Gasteiger partial charge is 0.493 e. The number of hydrazone groups is 1. The van der Waals surface area contributed by atoms with Crippen LogP contribution in [0.2, 0.25) is 5.15 Å². The van der Waals surface area contributed by atoms with Gasteiger partial charge in [0.05, 0.1) is 13.7 Å². The molecule has 0 saturated heterocycles. The van der Waals surface area contributed by atoms with Crippen molar-refractivity contribution in [1.82, 2.24) is 15.2 Å². The van der Waals surface area contributed by atoms with Crippen molar-refractivity contribution in [1.29, 1.82) is 0 Å². The van der Waals surface area contributed by atoms with Crippen LogP contribution in [0.3, 0.4) is 0 Å². The number of carbonyl (C=O) groups excluding carboxylic acids is 2. The summed E-state index contributed by atoms with van der Waals surface area (Å²) in [5.41, 5.74) is 2.50. The van der Waals surface area contributed by atoms with Crippen LogP contribution in [0.1, 0.15) is 35.0 Å². The number of amides is 2. The number of nitrogens with zero attached hydrogens (tertiary/aromatic N) is 4. The van der Waals surface area contributed by atoms with Gasteiger partial charge in [-0.3, -0.25) is 4.79 Å². The molecule has 192 valence electrons. The van der Waals surface area contributed by atoms with Crippen molar-refractivity contribution in [3.05, 3.63) is 76.6 Å². The lowest BCUT2D eigenvalue weighted by atomic mass is 10.0. The van der Waals surface area contributed by atoms with Crippen molar-refractivity contribution in [3.63, 3.8) is 0 Å². The molecule has 10 nitrogen and oxygen atoms in total. The van der Waals surface area contributed by atoms with Crippen LogP contribution in [0.5, 0.6) is 11.5 Å². The number of anilines is 1. The van der Waals surface area contributed by atoms with Gasteiger partial charge in [-0.15, -0.1) is 10.2 Å². The summed E-state index contributed by atoms with van der Waals surface area (Å²) in [6, 6.07) is 14.8. The molecule has 0 radical (unpaired) electrons. The topological polar surface area (TPSA) is 115 Å². The number of carbonyl (C=O) groups is 2. The Morgan fingerprint density at radius 1 is 1.14 bits per heavy atom. The van der Waals surface area contributed by atoms with Crippen LogP contribution in [-0.4, -0.2) is 53.0 Å². The van der Waals surface area contributed by atoms with E-state index in [4.69, 9.17) is 25.8 Å². The van der Waals surface area contributed by atoms with Crippen LogP contribution in [0.25, 0.3) is 0 Å². The van der Waals surface area contributed by atoms with Crippen molar-refractivity contribution < 1.29 is 28.2 Å². The number of aromatic nitrogens is 2. The molecule has 1 unspecified atom stereocenters. The maximum absolute atomic E-state index is 12.8. The molecule has 2 aromatic carbocycles. The van der Waals surface area contributed by atoms with E-state index in [0.29, 0.717) is 29.1 Å². The van der Waals surface area contributed by atoms with E-state index in [1.54, 1.807) is 42.5 Å². The van der Waals surface area contributed by atoms with Crippen molar-refractivity contribution >= 4 is 35.0 Å². The first-order valence-corrected chi connectivity index (χ1v) is 11.6. The molecule has 2 amide bonds. The highest BCUT2D eigenvalue weighted by Gasteiger charge is 2.31. The average Bonchev–Trinajstić information content (AvgIpc) is 2.91. The number of rotatable bonds is 9. The van der Waals surface area contributed by atoms with Crippen LogP contribution in [0.15, 0.2) is 59.7 Å². The third-order valence-electron chi connectivity index (χ3n) is 5.44. The maximum atomic E-state index is 12.8. The minimum Gasteiger partial charge on any atom is -0.493 e. The Bertz CT molecular complexity index is 1300. The van der Waals surface area contributed by atoms with Gasteiger partial charge >= 0.3 is 6.09 Å². The molecule has 0 spiro atoms. The second kappa shape index (κ2) is 11.7. The van der Waals surface area contributed by atoms with Gasteiger partial charge in [0.15, 0.2) is 22.3 Å². The van der Waals surface area contributed by atoms with E-state index in [2.05, 4.69) is 20.6 Å². The fourth-order valence-corrected chi connectivity index (χ4v) is 3.70. The van der Waals surface area contributed by atoms with Gasteiger partial charge in [0, 0.05) is 11.3 Å². The lowest BCUT2D eigenvalue weighted by Gasteiger charge is -2.29. The highest BCUT2D eigenvalue weighted by molar-refractivity contribution is 6.29. The zero-order chi connectivity index (χ0) is 26.4. The molecule has 1 aliphatic heterocycles. The van der Waals surface area contributed by atoms with Crippen molar-refractivity contribution in [3.8, 4) is 11.5 Å². The van der Waals surface area contributed by atoms with Crippen LogP contribution in [0.4, 0.5) is 14.9 Å². The maximum Gasteiger partial charge on any atom is 0.431 e. The van der Waals surface area contributed by atoms with E-state index < -0.39 is 25.0 Å². The molecule has 1 N–H and O–H groups in total. The van der Waals surface area contributed by atoms with E-state index in [1.165, 1.54) is 24.3 Å². The number of hydrogen-bond donors (Lipinski definition) is 1. The van der Waals surface area contributed by atoms with E-state index in [9.17, 15) is 14.0 Å². The normalized spacial score (nSPS) is 15.0. The molecular formula is C25H23ClFN5O5. The molecule has 2 heterocycles. The minimum absolute atomic E-state index is 0.121. The molecule has 0 bridgehead atoms. The number of hydrogen-bond acceptors (Lipinski definition) is 8. The number of alkyl halides is 1. The number of halogens is 2. The van der Waals surface area contributed by atoms with Gasteiger partial charge in [0.2, 0.25) is 6.86 Å². The zero-order valence-electron chi connectivity index (χ0n) is 20.0. The Balaban J connectivity index is 1.51. The molecule has 3 aromatic rings. The highest BCUT2D eigenvalue weighted by atomic mass is 35.5. The minimum atomic E-state index is -1.02. The van der Waals surface area contributed by atoms with Crippen molar-refractivity contribution in [2.45, 2.75) is 26.0 Å². The standard InChI is InChI=1S/C25H23ClFN5O5/c1-3-19-23(16-6-10-20(35-2)21(12-16)36-14-27)31-32(25(34)37-19)13-15-4-7-17(8-5-15)28-24(33)18-9-11-22(26)30-29-18/h4-12,19H,3,13-14H2,1-2H3,(H,28,33). The summed E-state index contributed by atoms with van der Waals surface area (Å²) in [7, 11) is 1.46. The second-order valence-corrected chi connectivity index (χ2v) is 8.22. The molecule has 0 saturated carbocycles. The fourth-order valence-electron chi connectivity index (χ4n) is 3.60. The molecule has 12 heteroatoms. The number of benzene rings is 2. The predicted octanol–water partition coefficient (Wildman–Crippen LogP) is 4.83. The second-order valence-electron chi connectivity index (χ2n) is 7.83. The molecule has 1 atom stereocenters. The van der Waals surface area contributed by atoms with Crippen LogP contribution >= 0.6 is 11.6 Å². The number of methoxy groups -OCH3 is 1. The summed E-state index contributed by atoms with van der Waals surface area (Å²) in [5, 5.41) is 16.1. The molecule has 0 aliphatic carbocycles. The highest BCUT2D eigenvalue weighted by Crippen LogP contribution is 2.30. The van der Waals surface area contributed by atoms with Gasteiger partial charge in [-0.1, -0.05) is 30.7 Å². The van der Waals surface area contributed by atoms with Crippen molar-refractivity contribution in [2.24, 2.45) is 5.10 Å². The summed E-state index contributed by atoms with van der Waals surface area (Å²) in [5.74, 6) is 0.146. The number of nitrogens with one attached hydrogen (secondary N) is 1. The van der Waals surface area contributed by atoms with Crippen molar-refractivity contribution in [2.75, 3.05) is 19.3 Å². The monoisotopic (exact) mass is 527 g/mol. The van der Waals surface area contributed by atoms with Gasteiger partial charge < -0.3 is 19.5 Å². The first kappa shape index (κ1) is 25.8. The average molecular weight is 528 g/mol. The summed E-state index contributed by atoms with van der Waals surface area (Å²) in [4.78, 5) is 25.0. The number of ether oxygens (including phenoxy) is 3.